The summed E-state index contributed by atoms with van der Waals surface area (Å²) in [5.41, 5.74) is 1.15. The average molecular weight is 617 g/mol. The van der Waals surface area contributed by atoms with Gasteiger partial charge in [0, 0.05) is 54.1 Å². The van der Waals surface area contributed by atoms with E-state index in [9.17, 15) is 22.8 Å². The van der Waals surface area contributed by atoms with Crippen LogP contribution >= 0.6 is 11.6 Å². The predicted molar refractivity (Wildman–Crippen MR) is 162 cm³/mol. The van der Waals surface area contributed by atoms with E-state index in [4.69, 9.17) is 11.6 Å². The van der Waals surface area contributed by atoms with Crippen LogP contribution in [0.15, 0.2) is 54.2 Å². The SMILES string of the molecule is O=C(CNS(=O)(=O)C=Cc1ccc(Cl)cc1)NCC(C(=O)N1CCCCC1)N(C(=O)C1CCNCC1)c1ccncc1. The highest BCUT2D eigenvalue weighted by Crippen LogP contribution is 2.25. The molecule has 4 rings (SSSR count). The minimum Gasteiger partial charge on any atom is -0.352 e. The van der Waals surface area contributed by atoms with Crippen molar-refractivity contribution >= 4 is 51.1 Å². The Hall–Kier alpha value is -3.32. The van der Waals surface area contributed by atoms with Gasteiger partial charge in [-0.3, -0.25) is 24.3 Å². The summed E-state index contributed by atoms with van der Waals surface area (Å²) in [5.74, 6) is -1.33. The maximum absolute atomic E-state index is 13.9. The largest absolute Gasteiger partial charge is 0.352 e. The number of carbonyl (C=O) groups is 3. The third-order valence-corrected chi connectivity index (χ3v) is 8.66. The average Bonchev–Trinajstić information content (AvgIpc) is 3.02. The zero-order valence-electron chi connectivity index (χ0n) is 23.4. The van der Waals surface area contributed by atoms with Gasteiger partial charge in [-0.05, 0) is 81.1 Å². The lowest BCUT2D eigenvalue weighted by atomic mass is 9.95. The molecule has 2 aliphatic heterocycles. The molecule has 11 nitrogen and oxygen atoms in total. The molecule has 3 N–H and O–H groups in total. The predicted octanol–water partition coefficient (Wildman–Crippen LogP) is 2.16. The minimum absolute atomic E-state index is 0.171. The molecule has 1 unspecified atom stereocenters. The smallest absolute Gasteiger partial charge is 0.247 e. The van der Waals surface area contributed by atoms with Crippen molar-refractivity contribution in [3.8, 4) is 0 Å². The summed E-state index contributed by atoms with van der Waals surface area (Å²) in [6.07, 6.45) is 8.56. The first-order valence-corrected chi connectivity index (χ1v) is 16.1. The minimum atomic E-state index is -3.92. The summed E-state index contributed by atoms with van der Waals surface area (Å²) in [6.45, 7) is 1.86. The lowest BCUT2D eigenvalue weighted by Gasteiger charge is -2.38. The standard InChI is InChI=1S/C29H37ClN6O5S/c30-24-6-4-22(5-7-24)12-19-42(40,41)34-21-27(37)33-20-26(29(39)35-17-2-1-3-18-35)36(25-10-15-32-16-11-25)28(38)23-8-13-31-14-9-23/h4-7,10-12,15-16,19,23,26,31,34H,1-3,8-9,13-14,17-18,20-21H2,(H,33,37). The number of pyridine rings is 1. The van der Waals surface area contributed by atoms with Gasteiger partial charge >= 0.3 is 0 Å². The maximum atomic E-state index is 13.9. The molecular weight excluding hydrogens is 580 g/mol. The van der Waals surface area contributed by atoms with Crippen molar-refractivity contribution in [2.24, 2.45) is 5.92 Å². The van der Waals surface area contributed by atoms with Gasteiger partial charge in [-0.1, -0.05) is 23.7 Å². The molecule has 1 aromatic carbocycles. The number of hydrogen-bond donors (Lipinski definition) is 3. The number of amides is 3. The molecule has 2 fully saturated rings. The van der Waals surface area contributed by atoms with Gasteiger partial charge in [0.05, 0.1) is 6.54 Å². The summed E-state index contributed by atoms with van der Waals surface area (Å²) in [4.78, 5) is 47.9. The highest BCUT2D eigenvalue weighted by molar-refractivity contribution is 7.92. The monoisotopic (exact) mass is 616 g/mol. The zero-order chi connectivity index (χ0) is 30.0. The Morgan fingerprint density at radius 2 is 1.71 bits per heavy atom. The second-order valence-electron chi connectivity index (χ2n) is 10.4. The molecule has 2 aromatic rings. The summed E-state index contributed by atoms with van der Waals surface area (Å²) < 4.78 is 27.2. The number of likely N-dealkylation sites (tertiary alicyclic amines) is 1. The van der Waals surface area contributed by atoms with Crippen LogP contribution in [-0.4, -0.2) is 81.3 Å². The van der Waals surface area contributed by atoms with Crippen LogP contribution in [0.2, 0.25) is 5.02 Å². The number of sulfonamides is 1. The molecule has 2 aliphatic rings. The normalized spacial score (nSPS) is 17.1. The third-order valence-electron chi connectivity index (χ3n) is 7.37. The number of anilines is 1. The van der Waals surface area contributed by atoms with Gasteiger partial charge in [-0.2, -0.15) is 0 Å². The number of aromatic nitrogens is 1. The Morgan fingerprint density at radius 1 is 1.05 bits per heavy atom. The Labute approximate surface area is 251 Å². The van der Waals surface area contributed by atoms with Crippen LogP contribution < -0.4 is 20.3 Å². The summed E-state index contributed by atoms with van der Waals surface area (Å²) >= 11 is 5.86. The van der Waals surface area contributed by atoms with Gasteiger partial charge in [-0.15, -0.1) is 0 Å². The molecule has 1 aromatic heterocycles. The molecule has 0 spiro atoms. The molecular formula is C29H37ClN6O5S. The molecule has 2 saturated heterocycles. The van der Waals surface area contributed by atoms with Crippen molar-refractivity contribution < 1.29 is 22.8 Å². The molecule has 226 valence electrons. The van der Waals surface area contributed by atoms with Gasteiger partial charge in [0.2, 0.25) is 27.7 Å². The quantitative estimate of drug-likeness (QED) is 0.351. The van der Waals surface area contributed by atoms with E-state index in [2.05, 4.69) is 20.3 Å². The van der Waals surface area contributed by atoms with E-state index in [1.165, 1.54) is 11.0 Å². The molecule has 0 bridgehead atoms. The topological polar surface area (TPSA) is 141 Å². The molecule has 42 heavy (non-hydrogen) atoms. The first kappa shape index (κ1) is 31.6. The number of nitrogens with zero attached hydrogens (tertiary/aromatic N) is 3. The Balaban J connectivity index is 1.48. The fourth-order valence-corrected chi connectivity index (χ4v) is 5.97. The number of rotatable bonds is 11. The molecule has 3 amide bonds. The van der Waals surface area contributed by atoms with Gasteiger partial charge < -0.3 is 15.5 Å². The number of piperidine rings is 2. The molecule has 0 saturated carbocycles. The van der Waals surface area contributed by atoms with Crippen LogP contribution in [0, 0.1) is 5.92 Å². The highest BCUT2D eigenvalue weighted by atomic mass is 35.5. The highest BCUT2D eigenvalue weighted by Gasteiger charge is 2.38. The molecule has 0 aliphatic carbocycles. The van der Waals surface area contributed by atoms with Gasteiger partial charge in [0.15, 0.2) is 0 Å². The summed E-state index contributed by atoms with van der Waals surface area (Å²) in [6, 6.07) is 8.97. The second-order valence-corrected chi connectivity index (χ2v) is 12.5. The number of hydrogen-bond acceptors (Lipinski definition) is 7. The lowest BCUT2D eigenvalue weighted by molar-refractivity contribution is -0.136. The van der Waals surface area contributed by atoms with Crippen molar-refractivity contribution in [1.29, 1.82) is 0 Å². The summed E-state index contributed by atoms with van der Waals surface area (Å²) in [7, 11) is -3.92. The molecule has 3 heterocycles. The molecule has 1 atom stereocenters. The van der Waals surface area contributed by atoms with Crippen LogP contribution in [-0.2, 0) is 24.4 Å². The zero-order valence-corrected chi connectivity index (χ0v) is 24.9. The Bertz CT molecular complexity index is 1340. The first-order chi connectivity index (χ1) is 20.2. The summed E-state index contributed by atoms with van der Waals surface area (Å²) in [5, 5.41) is 7.45. The third kappa shape index (κ3) is 9.09. The van der Waals surface area contributed by atoms with Crippen molar-refractivity contribution in [2.75, 3.05) is 44.2 Å². The van der Waals surface area contributed by atoms with Crippen LogP contribution in [0.5, 0.6) is 0 Å². The Kier molecular flexibility index (Phi) is 11.5. The van der Waals surface area contributed by atoms with Crippen LogP contribution in [0.3, 0.4) is 0 Å². The van der Waals surface area contributed by atoms with E-state index < -0.39 is 28.5 Å². The van der Waals surface area contributed by atoms with E-state index in [0.717, 1.165) is 24.7 Å². The number of benzene rings is 1. The maximum Gasteiger partial charge on any atom is 0.247 e. The van der Waals surface area contributed by atoms with Crippen LogP contribution in [0.4, 0.5) is 5.69 Å². The van der Waals surface area contributed by atoms with Crippen LogP contribution in [0.1, 0.15) is 37.7 Å². The van der Waals surface area contributed by atoms with Gasteiger partial charge in [0.25, 0.3) is 0 Å². The van der Waals surface area contributed by atoms with Gasteiger partial charge in [-0.25, -0.2) is 13.1 Å². The first-order valence-electron chi connectivity index (χ1n) is 14.2. The van der Waals surface area contributed by atoms with Gasteiger partial charge in [0.1, 0.15) is 6.04 Å². The van der Waals surface area contributed by atoms with Crippen molar-refractivity contribution in [3.63, 3.8) is 0 Å². The van der Waals surface area contributed by atoms with Crippen molar-refractivity contribution in [2.45, 2.75) is 38.1 Å². The van der Waals surface area contributed by atoms with Crippen molar-refractivity contribution in [1.82, 2.24) is 25.2 Å². The Morgan fingerprint density at radius 3 is 2.38 bits per heavy atom. The van der Waals surface area contributed by atoms with E-state index in [1.807, 2.05) is 0 Å². The second kappa shape index (κ2) is 15.2. The molecule has 13 heteroatoms. The number of halogens is 1. The van der Waals surface area contributed by atoms with E-state index in [-0.39, 0.29) is 24.3 Å². The lowest BCUT2D eigenvalue weighted by Crippen LogP contribution is -2.58. The van der Waals surface area contributed by atoms with Crippen LogP contribution in [0.25, 0.3) is 6.08 Å². The van der Waals surface area contributed by atoms with E-state index in [0.29, 0.717) is 55.3 Å². The van der Waals surface area contributed by atoms with E-state index in [1.54, 1.807) is 53.7 Å². The van der Waals surface area contributed by atoms with E-state index >= 15 is 0 Å². The fourth-order valence-electron chi connectivity index (χ4n) is 5.07. The van der Waals surface area contributed by atoms with Crippen molar-refractivity contribution in [3.05, 3.63) is 64.8 Å². The number of carbonyl (C=O) groups excluding carboxylic acids is 3. The molecule has 0 radical (unpaired) electrons. The number of nitrogens with one attached hydrogen (secondary N) is 3. The fraction of sp³-hybridized carbons (Fsp3) is 0.448.